The molecule has 4 rings (SSSR count). The van der Waals surface area contributed by atoms with Crippen LogP contribution in [0.25, 0.3) is 11.3 Å². The minimum Gasteiger partial charge on any atom is -0.355 e. The van der Waals surface area contributed by atoms with Gasteiger partial charge in [-0.3, -0.25) is 15.1 Å². The molecule has 0 fully saturated rings. The molecule has 122 valence electrons. The Labute approximate surface area is 142 Å². The van der Waals surface area contributed by atoms with E-state index in [0.717, 1.165) is 24.1 Å². The molecule has 1 aliphatic carbocycles. The average molecular weight is 340 g/mol. The first-order valence-corrected chi connectivity index (χ1v) is 8.78. The molecule has 0 saturated carbocycles. The Morgan fingerprint density at radius 1 is 1.25 bits per heavy atom. The Balaban J connectivity index is 1.50. The van der Waals surface area contributed by atoms with Crippen LogP contribution in [0.5, 0.6) is 0 Å². The fraction of sp³-hybridized carbons (Fsp3) is 0.294. The molecule has 0 spiro atoms. The fourth-order valence-corrected chi connectivity index (χ4v) is 3.82. The lowest BCUT2D eigenvalue weighted by Gasteiger charge is -1.97. The molecular formula is C17H16N4O2S. The topological polar surface area (TPSA) is 80.9 Å². The summed E-state index contributed by atoms with van der Waals surface area (Å²) in [7, 11) is 0. The lowest BCUT2D eigenvalue weighted by atomic mass is 10.2. The van der Waals surface area contributed by atoms with Crippen molar-refractivity contribution in [3.8, 4) is 11.3 Å². The number of carbonyl (C=O) groups excluding carboxylic acids is 1. The molecule has 7 heteroatoms. The molecule has 0 saturated heterocycles. The van der Waals surface area contributed by atoms with E-state index >= 15 is 0 Å². The predicted molar refractivity (Wildman–Crippen MR) is 91.1 cm³/mol. The summed E-state index contributed by atoms with van der Waals surface area (Å²) in [5.41, 5.74) is 2.15. The van der Waals surface area contributed by atoms with Crippen LogP contribution >= 0.6 is 11.3 Å². The maximum Gasteiger partial charge on any atom is 0.279 e. The zero-order valence-corrected chi connectivity index (χ0v) is 13.8. The molecule has 1 N–H and O–H groups in total. The van der Waals surface area contributed by atoms with E-state index < -0.39 is 0 Å². The van der Waals surface area contributed by atoms with Gasteiger partial charge in [-0.2, -0.15) is 0 Å². The number of hydrogen-bond donors (Lipinski definition) is 1. The van der Waals surface area contributed by atoms with Gasteiger partial charge in [0.25, 0.3) is 5.91 Å². The predicted octanol–water partition coefficient (Wildman–Crippen LogP) is 3.71. The second-order valence-electron chi connectivity index (χ2n) is 5.72. The van der Waals surface area contributed by atoms with Gasteiger partial charge in [0.2, 0.25) is 0 Å². The van der Waals surface area contributed by atoms with Crippen LogP contribution in [0.2, 0.25) is 0 Å². The minimum atomic E-state index is -0.308. The van der Waals surface area contributed by atoms with E-state index in [1.165, 1.54) is 24.1 Å². The smallest absolute Gasteiger partial charge is 0.279 e. The molecule has 0 unspecified atom stereocenters. The summed E-state index contributed by atoms with van der Waals surface area (Å²) < 4.78 is 5.24. The van der Waals surface area contributed by atoms with Crippen molar-refractivity contribution in [3.63, 3.8) is 0 Å². The minimum absolute atomic E-state index is 0.235. The van der Waals surface area contributed by atoms with Crippen molar-refractivity contribution >= 4 is 22.4 Å². The van der Waals surface area contributed by atoms with Gasteiger partial charge in [-0.1, -0.05) is 11.6 Å². The number of aromatic nitrogens is 3. The number of fused-ring (bicyclic) bond motifs is 1. The van der Waals surface area contributed by atoms with Crippen LogP contribution in [-0.4, -0.2) is 21.0 Å². The van der Waals surface area contributed by atoms with Gasteiger partial charge in [-0.15, -0.1) is 11.3 Å². The third-order valence-corrected chi connectivity index (χ3v) is 5.08. The second kappa shape index (κ2) is 6.52. The molecule has 0 atom stereocenters. The van der Waals surface area contributed by atoms with E-state index in [-0.39, 0.29) is 11.6 Å². The molecule has 0 bridgehead atoms. The third kappa shape index (κ3) is 3.07. The van der Waals surface area contributed by atoms with E-state index in [1.807, 2.05) is 6.07 Å². The van der Waals surface area contributed by atoms with Gasteiger partial charge >= 0.3 is 0 Å². The van der Waals surface area contributed by atoms with Crippen LogP contribution in [0.1, 0.15) is 40.3 Å². The van der Waals surface area contributed by atoms with Crippen LogP contribution < -0.4 is 5.32 Å². The number of amides is 1. The van der Waals surface area contributed by atoms with E-state index in [1.54, 1.807) is 35.9 Å². The van der Waals surface area contributed by atoms with Crippen molar-refractivity contribution < 1.29 is 9.32 Å². The maximum atomic E-state index is 12.4. The Kier molecular flexibility index (Phi) is 4.08. The Morgan fingerprint density at radius 3 is 3.04 bits per heavy atom. The lowest BCUT2D eigenvalue weighted by Crippen LogP contribution is -2.12. The highest BCUT2D eigenvalue weighted by Crippen LogP contribution is 2.29. The number of nitrogens with zero attached hydrogens (tertiary/aromatic N) is 3. The third-order valence-electron chi connectivity index (χ3n) is 4.00. The fourth-order valence-electron chi connectivity index (χ4n) is 2.77. The number of anilines is 1. The maximum absolute atomic E-state index is 12.4. The van der Waals surface area contributed by atoms with Crippen LogP contribution in [0.3, 0.4) is 0 Å². The standard InChI is InChI=1S/C17H16N4O2S/c22-16(13-9-14(23-21-13)11-5-4-8-18-10-11)20-17-19-12-6-2-1-3-7-15(12)24-17/h4-5,8-10H,1-3,6-7H2,(H,19,20,22). The average Bonchev–Trinajstić information content (AvgIpc) is 3.18. The second-order valence-corrected chi connectivity index (χ2v) is 6.81. The number of carbonyl (C=O) groups is 1. The Hall–Kier alpha value is -2.54. The summed E-state index contributed by atoms with van der Waals surface area (Å²) in [4.78, 5) is 22.2. The van der Waals surface area contributed by atoms with Crippen LogP contribution in [0.15, 0.2) is 35.1 Å². The van der Waals surface area contributed by atoms with Crippen molar-refractivity contribution in [1.82, 2.24) is 15.1 Å². The van der Waals surface area contributed by atoms with Crippen molar-refractivity contribution in [3.05, 3.63) is 46.9 Å². The van der Waals surface area contributed by atoms with Crippen molar-refractivity contribution in [2.24, 2.45) is 0 Å². The quantitative estimate of drug-likeness (QED) is 0.735. The van der Waals surface area contributed by atoms with Gasteiger partial charge < -0.3 is 4.52 Å². The molecular weight excluding hydrogens is 324 g/mol. The highest BCUT2D eigenvalue weighted by Gasteiger charge is 2.18. The molecule has 3 heterocycles. The molecule has 6 nitrogen and oxygen atoms in total. The van der Waals surface area contributed by atoms with Gasteiger partial charge in [0.05, 0.1) is 5.69 Å². The van der Waals surface area contributed by atoms with Crippen LogP contribution in [0.4, 0.5) is 5.13 Å². The molecule has 24 heavy (non-hydrogen) atoms. The molecule has 3 aromatic rings. The summed E-state index contributed by atoms with van der Waals surface area (Å²) >= 11 is 1.56. The van der Waals surface area contributed by atoms with Gasteiger partial charge in [0.15, 0.2) is 16.6 Å². The highest BCUT2D eigenvalue weighted by atomic mass is 32.1. The molecule has 1 amide bonds. The van der Waals surface area contributed by atoms with Crippen molar-refractivity contribution in [2.75, 3.05) is 5.32 Å². The largest absolute Gasteiger partial charge is 0.355 e. The van der Waals surface area contributed by atoms with Crippen molar-refractivity contribution in [2.45, 2.75) is 32.1 Å². The molecule has 0 radical (unpaired) electrons. The van der Waals surface area contributed by atoms with Gasteiger partial charge in [-0.25, -0.2) is 4.98 Å². The first-order valence-electron chi connectivity index (χ1n) is 7.96. The molecule has 0 aromatic carbocycles. The van der Waals surface area contributed by atoms with Crippen molar-refractivity contribution in [1.29, 1.82) is 0 Å². The monoisotopic (exact) mass is 340 g/mol. The van der Waals surface area contributed by atoms with Crippen LogP contribution in [0, 0.1) is 0 Å². The summed E-state index contributed by atoms with van der Waals surface area (Å²) in [6, 6.07) is 5.28. The van der Waals surface area contributed by atoms with Gasteiger partial charge in [0.1, 0.15) is 0 Å². The summed E-state index contributed by atoms with van der Waals surface area (Å²) in [5, 5.41) is 7.32. The summed E-state index contributed by atoms with van der Waals surface area (Å²) in [6.45, 7) is 0. The van der Waals surface area contributed by atoms with E-state index in [2.05, 4.69) is 20.4 Å². The molecule has 1 aliphatic rings. The highest BCUT2D eigenvalue weighted by molar-refractivity contribution is 7.15. The Bertz CT molecular complexity index is 833. The SMILES string of the molecule is O=C(Nc1nc2c(s1)CCCCC2)c1cc(-c2cccnc2)on1. The first kappa shape index (κ1) is 15.0. The number of rotatable bonds is 3. The van der Waals surface area contributed by atoms with E-state index in [9.17, 15) is 4.79 Å². The van der Waals surface area contributed by atoms with E-state index in [0.29, 0.717) is 10.9 Å². The molecule has 0 aliphatic heterocycles. The zero-order chi connectivity index (χ0) is 16.4. The number of hydrogen-bond acceptors (Lipinski definition) is 6. The van der Waals surface area contributed by atoms with Gasteiger partial charge in [0, 0.05) is 28.9 Å². The number of pyridine rings is 1. The summed E-state index contributed by atoms with van der Waals surface area (Å²) in [6.07, 6.45) is 9.01. The zero-order valence-electron chi connectivity index (χ0n) is 13.0. The molecule has 3 aromatic heterocycles. The lowest BCUT2D eigenvalue weighted by molar-refractivity contribution is 0.101. The normalized spacial score (nSPS) is 14.0. The Morgan fingerprint density at radius 2 is 2.17 bits per heavy atom. The van der Waals surface area contributed by atoms with Crippen LogP contribution in [-0.2, 0) is 12.8 Å². The number of aryl methyl sites for hydroxylation is 2. The van der Waals surface area contributed by atoms with Gasteiger partial charge in [-0.05, 0) is 37.8 Å². The van der Waals surface area contributed by atoms with E-state index in [4.69, 9.17) is 4.52 Å². The number of nitrogens with one attached hydrogen (secondary N) is 1. The summed E-state index contributed by atoms with van der Waals surface area (Å²) in [5.74, 6) is 0.209. The number of thiazole rings is 1. The first-order chi connectivity index (χ1) is 11.8.